The summed E-state index contributed by atoms with van der Waals surface area (Å²) in [5.74, 6) is 0.138. The fraction of sp³-hybridized carbons (Fsp3) is 0.700. The summed E-state index contributed by atoms with van der Waals surface area (Å²) in [6, 6.07) is 4.03. The van der Waals surface area contributed by atoms with Crippen molar-refractivity contribution < 1.29 is 15.3 Å². The molecular weight excluding hydrogens is 288 g/mol. The van der Waals surface area contributed by atoms with Crippen molar-refractivity contribution in [2.45, 2.75) is 84.8 Å². The van der Waals surface area contributed by atoms with Gasteiger partial charge in [0.15, 0.2) is 0 Å². The fourth-order valence-corrected chi connectivity index (χ4v) is 2.97. The Bertz CT molecular complexity index is 488. The zero-order chi connectivity index (χ0) is 18.2. The Balaban J connectivity index is 3.44. The van der Waals surface area contributed by atoms with Crippen LogP contribution in [0.3, 0.4) is 0 Å². The summed E-state index contributed by atoms with van der Waals surface area (Å²) < 4.78 is 0. The minimum Gasteiger partial charge on any atom is -0.507 e. The smallest absolute Gasteiger partial charge is 0.123 e. The molecule has 0 heterocycles. The number of hydrogen-bond acceptors (Lipinski definition) is 3. The molecule has 0 aliphatic heterocycles. The normalized spacial score (nSPS) is 17.0. The molecule has 1 rings (SSSR count). The summed E-state index contributed by atoms with van der Waals surface area (Å²) in [7, 11) is 0. The molecule has 23 heavy (non-hydrogen) atoms. The van der Waals surface area contributed by atoms with Crippen LogP contribution < -0.4 is 0 Å². The van der Waals surface area contributed by atoms with Crippen molar-refractivity contribution in [3.8, 4) is 5.75 Å². The lowest BCUT2D eigenvalue weighted by atomic mass is 9.77. The van der Waals surface area contributed by atoms with E-state index in [0.717, 1.165) is 16.7 Å². The molecule has 0 amide bonds. The second kappa shape index (κ2) is 6.82. The van der Waals surface area contributed by atoms with Crippen molar-refractivity contribution in [2.75, 3.05) is 0 Å². The Kier molecular flexibility index (Phi) is 5.93. The maximum absolute atomic E-state index is 10.7. The lowest BCUT2D eigenvalue weighted by Crippen LogP contribution is -2.30. The monoisotopic (exact) mass is 322 g/mol. The number of benzene rings is 1. The van der Waals surface area contributed by atoms with E-state index in [1.54, 1.807) is 13.8 Å². The van der Waals surface area contributed by atoms with Crippen molar-refractivity contribution in [3.05, 3.63) is 28.8 Å². The average molecular weight is 322 g/mol. The van der Waals surface area contributed by atoms with Gasteiger partial charge in [-0.2, -0.15) is 0 Å². The van der Waals surface area contributed by atoms with E-state index in [2.05, 4.69) is 41.5 Å². The van der Waals surface area contributed by atoms with Gasteiger partial charge in [0.2, 0.25) is 0 Å². The van der Waals surface area contributed by atoms with Gasteiger partial charge in [0.25, 0.3) is 0 Å². The van der Waals surface area contributed by atoms with Crippen molar-refractivity contribution in [3.63, 3.8) is 0 Å². The van der Waals surface area contributed by atoms with Crippen molar-refractivity contribution >= 4 is 0 Å². The third kappa shape index (κ3) is 4.95. The van der Waals surface area contributed by atoms with Crippen LogP contribution in [0.1, 0.15) is 72.1 Å². The third-order valence-corrected chi connectivity index (χ3v) is 4.50. The van der Waals surface area contributed by atoms with E-state index in [4.69, 9.17) is 0 Å². The van der Waals surface area contributed by atoms with Crippen LogP contribution in [-0.4, -0.2) is 27.5 Å². The van der Waals surface area contributed by atoms with Gasteiger partial charge in [-0.3, -0.25) is 0 Å². The molecule has 0 radical (unpaired) electrons. The summed E-state index contributed by atoms with van der Waals surface area (Å²) in [5, 5.41) is 30.6. The summed E-state index contributed by atoms with van der Waals surface area (Å²) in [6.07, 6.45) is -0.582. The molecule has 0 aliphatic carbocycles. The minimum atomic E-state index is -0.583. The predicted molar refractivity (Wildman–Crippen MR) is 96.1 cm³/mol. The summed E-state index contributed by atoms with van der Waals surface area (Å²) >= 11 is 0. The lowest BCUT2D eigenvalue weighted by molar-refractivity contribution is 0.0320. The molecule has 2 atom stereocenters. The van der Waals surface area contributed by atoms with E-state index in [1.165, 1.54) is 0 Å². The van der Waals surface area contributed by atoms with Crippen LogP contribution in [0, 0.1) is 5.92 Å². The molecule has 1 aromatic carbocycles. The second-order valence-corrected chi connectivity index (χ2v) is 8.89. The minimum absolute atomic E-state index is 0.175. The van der Waals surface area contributed by atoms with Crippen molar-refractivity contribution in [1.82, 2.24) is 0 Å². The standard InChI is InChI=1S/C20H34O3/c1-12(21)15(13(2)22)9-14-10-16(19(3,4)5)18(23)17(11-14)20(6,7)8/h10-13,15,21-23H,9H2,1-8H3. The van der Waals surface area contributed by atoms with E-state index in [1.807, 2.05) is 12.1 Å². The first-order chi connectivity index (χ1) is 10.2. The first kappa shape index (κ1) is 20.0. The summed E-state index contributed by atoms with van der Waals surface area (Å²) in [4.78, 5) is 0. The number of rotatable bonds is 4. The van der Waals surface area contributed by atoms with Gasteiger partial charge in [0.1, 0.15) is 5.75 Å². The van der Waals surface area contributed by atoms with E-state index < -0.39 is 12.2 Å². The average Bonchev–Trinajstić information content (AvgIpc) is 2.33. The van der Waals surface area contributed by atoms with Crippen LogP contribution >= 0.6 is 0 Å². The number of phenolic OH excluding ortho intramolecular Hbond substituents is 1. The Hall–Kier alpha value is -1.06. The van der Waals surface area contributed by atoms with Crippen molar-refractivity contribution in [2.24, 2.45) is 5.92 Å². The number of aromatic hydroxyl groups is 1. The molecule has 0 saturated heterocycles. The molecule has 3 N–H and O–H groups in total. The molecule has 0 aliphatic rings. The highest BCUT2D eigenvalue weighted by Crippen LogP contribution is 2.40. The molecule has 0 spiro atoms. The molecule has 0 aromatic heterocycles. The SMILES string of the molecule is CC(O)C(Cc1cc(C(C)(C)C)c(O)c(C(C)(C)C)c1)C(C)O. The topological polar surface area (TPSA) is 60.7 Å². The van der Waals surface area contributed by atoms with Crippen LogP contribution in [0.25, 0.3) is 0 Å². The highest BCUT2D eigenvalue weighted by molar-refractivity contribution is 5.50. The van der Waals surface area contributed by atoms with Gasteiger partial charge in [-0.15, -0.1) is 0 Å². The van der Waals surface area contributed by atoms with Gasteiger partial charge in [-0.25, -0.2) is 0 Å². The zero-order valence-electron chi connectivity index (χ0n) is 15.9. The highest BCUT2D eigenvalue weighted by atomic mass is 16.3. The largest absolute Gasteiger partial charge is 0.507 e. The number of phenols is 1. The number of aliphatic hydroxyl groups is 2. The van der Waals surface area contributed by atoms with E-state index in [9.17, 15) is 15.3 Å². The van der Waals surface area contributed by atoms with Gasteiger partial charge in [0.05, 0.1) is 12.2 Å². The van der Waals surface area contributed by atoms with E-state index in [0.29, 0.717) is 12.2 Å². The molecular formula is C20H34O3. The Labute approximate surface area is 141 Å². The van der Waals surface area contributed by atoms with Gasteiger partial charge in [-0.1, -0.05) is 53.7 Å². The Morgan fingerprint density at radius 1 is 0.826 bits per heavy atom. The van der Waals surface area contributed by atoms with Crippen LogP contribution in [0.2, 0.25) is 0 Å². The first-order valence-electron chi connectivity index (χ1n) is 8.48. The molecule has 132 valence electrons. The first-order valence-corrected chi connectivity index (χ1v) is 8.48. The maximum Gasteiger partial charge on any atom is 0.123 e. The molecule has 0 saturated carbocycles. The molecule has 3 heteroatoms. The Morgan fingerprint density at radius 3 is 1.43 bits per heavy atom. The third-order valence-electron chi connectivity index (χ3n) is 4.50. The highest BCUT2D eigenvalue weighted by Gasteiger charge is 2.28. The van der Waals surface area contributed by atoms with Crippen LogP contribution in [-0.2, 0) is 17.3 Å². The molecule has 0 bridgehead atoms. The van der Waals surface area contributed by atoms with E-state index >= 15 is 0 Å². The fourth-order valence-electron chi connectivity index (χ4n) is 2.97. The van der Waals surface area contributed by atoms with Crippen LogP contribution in [0.15, 0.2) is 12.1 Å². The van der Waals surface area contributed by atoms with Gasteiger partial charge in [0, 0.05) is 5.92 Å². The molecule has 0 fully saturated rings. The van der Waals surface area contributed by atoms with Crippen molar-refractivity contribution in [1.29, 1.82) is 0 Å². The second-order valence-electron chi connectivity index (χ2n) is 8.89. The van der Waals surface area contributed by atoms with E-state index in [-0.39, 0.29) is 16.7 Å². The zero-order valence-corrected chi connectivity index (χ0v) is 15.9. The molecule has 3 nitrogen and oxygen atoms in total. The Morgan fingerprint density at radius 2 is 1.17 bits per heavy atom. The lowest BCUT2D eigenvalue weighted by Gasteiger charge is -2.30. The van der Waals surface area contributed by atoms with Crippen LogP contribution in [0.4, 0.5) is 0 Å². The molecule has 1 aromatic rings. The summed E-state index contributed by atoms with van der Waals surface area (Å²) in [6.45, 7) is 15.9. The predicted octanol–water partition coefficient (Wildman–Crippen LogP) is 3.91. The molecule has 2 unspecified atom stereocenters. The van der Waals surface area contributed by atoms with Crippen LogP contribution in [0.5, 0.6) is 5.75 Å². The summed E-state index contributed by atoms with van der Waals surface area (Å²) in [5.41, 5.74) is 2.52. The number of hydrogen-bond donors (Lipinski definition) is 3. The van der Waals surface area contributed by atoms with Gasteiger partial charge >= 0.3 is 0 Å². The number of aliphatic hydroxyl groups excluding tert-OH is 2. The van der Waals surface area contributed by atoms with Gasteiger partial charge in [-0.05, 0) is 47.8 Å². The maximum atomic E-state index is 10.7. The quantitative estimate of drug-likeness (QED) is 0.787. The van der Waals surface area contributed by atoms with Gasteiger partial charge < -0.3 is 15.3 Å².